The fraction of sp³-hybridized carbons (Fsp3) is 0.808. The molecule has 0 bridgehead atoms. The molecule has 180 valence electrons. The smallest absolute Gasteiger partial charge is 0.231 e. The summed E-state index contributed by atoms with van der Waals surface area (Å²) in [6, 6.07) is 0.310. The summed E-state index contributed by atoms with van der Waals surface area (Å²) in [5, 5.41) is 3.51. The van der Waals surface area contributed by atoms with E-state index in [2.05, 4.69) is 102 Å². The molecule has 1 aliphatic rings. The number of nitrogens with zero attached hydrogens (tertiary/aromatic N) is 5. The summed E-state index contributed by atoms with van der Waals surface area (Å²) in [4.78, 5) is 20.9. The highest BCUT2D eigenvalue weighted by atomic mass is 15.4. The lowest BCUT2D eigenvalue weighted by molar-refractivity contribution is 0.217. The minimum atomic E-state index is -0.134. The number of hydrogen-bond donors (Lipinski definition) is 1. The normalized spacial score (nSPS) is 19.5. The van der Waals surface area contributed by atoms with Crippen LogP contribution in [0.5, 0.6) is 0 Å². The van der Waals surface area contributed by atoms with E-state index in [0.717, 1.165) is 32.1 Å². The van der Waals surface area contributed by atoms with Gasteiger partial charge in [-0.2, -0.15) is 15.0 Å². The molecule has 1 aliphatic heterocycles. The zero-order valence-corrected chi connectivity index (χ0v) is 22.0. The zero-order chi connectivity index (χ0) is 24.2. The Balaban J connectivity index is 2.20. The van der Waals surface area contributed by atoms with E-state index in [4.69, 9.17) is 9.98 Å². The van der Waals surface area contributed by atoms with E-state index < -0.39 is 0 Å². The van der Waals surface area contributed by atoms with Gasteiger partial charge in [0.15, 0.2) is 0 Å². The highest BCUT2D eigenvalue weighted by Gasteiger charge is 2.46. The van der Waals surface area contributed by atoms with Gasteiger partial charge in [0, 0.05) is 16.6 Å². The van der Waals surface area contributed by atoms with Crippen LogP contribution in [0, 0.1) is 18.7 Å². The van der Waals surface area contributed by atoms with Crippen LogP contribution in [-0.2, 0) is 0 Å². The van der Waals surface area contributed by atoms with Crippen LogP contribution in [0.15, 0.2) is 4.99 Å². The minimum absolute atomic E-state index is 0.134. The summed E-state index contributed by atoms with van der Waals surface area (Å²) >= 11 is 0. The summed E-state index contributed by atoms with van der Waals surface area (Å²) < 4.78 is 0. The van der Waals surface area contributed by atoms with Crippen LogP contribution in [0.25, 0.3) is 0 Å². The maximum atomic E-state index is 4.93. The third-order valence-electron chi connectivity index (χ3n) is 5.96. The first-order valence-electron chi connectivity index (χ1n) is 12.2. The third-order valence-corrected chi connectivity index (χ3v) is 5.96. The average Bonchev–Trinajstić information content (AvgIpc) is 2.57. The quantitative estimate of drug-likeness (QED) is 0.359. The topological polar surface area (TPSA) is 66.3 Å². The lowest BCUT2D eigenvalue weighted by Crippen LogP contribution is -2.62. The van der Waals surface area contributed by atoms with E-state index in [1.165, 1.54) is 12.8 Å². The second kappa shape index (κ2) is 10.0. The van der Waals surface area contributed by atoms with Crippen LogP contribution < -0.4 is 10.2 Å². The molecule has 0 unspecified atom stereocenters. The molecule has 1 aromatic rings. The summed E-state index contributed by atoms with van der Waals surface area (Å²) in [5.74, 6) is 1.27. The largest absolute Gasteiger partial charge is 0.349 e. The Morgan fingerprint density at radius 1 is 1.09 bits per heavy atom. The standard InChI is InChI=1S/C26H46N6/c1-11-12-13-14-15-27-20-16-25(7,8)32(26(9,10)17-20)22-29-19-28-21(30-22)31-24(5,6)18-23(2,3)4/h15,20H,1,11-14,16-18H2,2-10H3,(H,28,29,30,31). The molecule has 1 saturated heterocycles. The molecule has 0 aromatic carbocycles. The van der Waals surface area contributed by atoms with Crippen LogP contribution >= 0.6 is 0 Å². The molecule has 2 heterocycles. The highest BCUT2D eigenvalue weighted by molar-refractivity contribution is 5.57. The number of rotatable bonds is 9. The molecule has 1 N–H and O–H groups in total. The first kappa shape index (κ1) is 26.5. The average molecular weight is 443 g/mol. The van der Waals surface area contributed by atoms with E-state index in [9.17, 15) is 0 Å². The second-order valence-corrected chi connectivity index (χ2v) is 12.5. The van der Waals surface area contributed by atoms with E-state index in [1.807, 2.05) is 0 Å². The summed E-state index contributed by atoms with van der Waals surface area (Å²) in [6.07, 6.45) is 12.3. The van der Waals surface area contributed by atoms with Crippen molar-refractivity contribution in [2.75, 3.05) is 10.2 Å². The maximum Gasteiger partial charge on any atom is 0.231 e. The Morgan fingerprint density at radius 3 is 2.28 bits per heavy atom. The number of hydrogen-bond acceptors (Lipinski definition) is 6. The van der Waals surface area contributed by atoms with E-state index in [1.54, 1.807) is 0 Å². The Labute approximate surface area is 197 Å². The van der Waals surface area contributed by atoms with Crippen LogP contribution in [0.2, 0.25) is 0 Å². The highest BCUT2D eigenvalue weighted by Crippen LogP contribution is 2.41. The fourth-order valence-corrected chi connectivity index (χ4v) is 5.60. The number of nitrogens with one attached hydrogen (secondary N) is 1. The van der Waals surface area contributed by atoms with Gasteiger partial charge in [-0.15, -0.1) is 0 Å². The van der Waals surface area contributed by atoms with Gasteiger partial charge in [-0.1, -0.05) is 40.5 Å². The summed E-state index contributed by atoms with van der Waals surface area (Å²) in [7, 11) is 0. The molecule has 0 aliphatic carbocycles. The third kappa shape index (κ3) is 7.70. The molecule has 0 atom stereocenters. The van der Waals surface area contributed by atoms with Gasteiger partial charge in [0.25, 0.3) is 0 Å². The molecular formula is C26H46N6. The number of aromatic nitrogens is 3. The first-order valence-corrected chi connectivity index (χ1v) is 12.2. The van der Waals surface area contributed by atoms with Crippen LogP contribution in [0.1, 0.15) is 107 Å². The molecule has 2 rings (SSSR count). The lowest BCUT2D eigenvalue weighted by atomic mass is 9.77. The Morgan fingerprint density at radius 2 is 1.72 bits per heavy atom. The predicted octanol–water partition coefficient (Wildman–Crippen LogP) is 6.29. The van der Waals surface area contributed by atoms with Crippen LogP contribution in [-0.4, -0.2) is 43.8 Å². The lowest BCUT2D eigenvalue weighted by Gasteiger charge is -2.54. The number of anilines is 2. The monoisotopic (exact) mass is 442 g/mol. The fourth-order valence-electron chi connectivity index (χ4n) is 5.60. The Bertz CT molecular complexity index is 742. The van der Waals surface area contributed by atoms with Gasteiger partial charge in [0.2, 0.25) is 18.2 Å². The van der Waals surface area contributed by atoms with E-state index >= 15 is 0 Å². The van der Waals surface area contributed by atoms with Crippen molar-refractivity contribution in [2.45, 2.75) is 130 Å². The number of aliphatic imine (C=N–C) groups is 1. The van der Waals surface area contributed by atoms with Gasteiger partial charge in [-0.3, -0.25) is 4.99 Å². The molecule has 1 fully saturated rings. The molecule has 0 spiro atoms. The van der Waals surface area contributed by atoms with Crippen molar-refractivity contribution < 1.29 is 0 Å². The molecule has 0 saturated carbocycles. The van der Waals surface area contributed by atoms with Crippen LogP contribution in [0.3, 0.4) is 0 Å². The second-order valence-electron chi connectivity index (χ2n) is 12.5. The Kier molecular flexibility index (Phi) is 8.33. The van der Waals surface area contributed by atoms with Crippen molar-refractivity contribution >= 4 is 18.1 Å². The van der Waals surface area contributed by atoms with Gasteiger partial charge >= 0.3 is 0 Å². The van der Waals surface area contributed by atoms with Gasteiger partial charge in [0.05, 0.1) is 6.04 Å². The molecule has 6 heteroatoms. The van der Waals surface area contributed by atoms with Crippen molar-refractivity contribution in [1.29, 1.82) is 0 Å². The zero-order valence-electron chi connectivity index (χ0n) is 22.0. The summed E-state index contributed by atoms with van der Waals surface area (Å²) in [5.41, 5.74) is -0.198. The molecule has 2 radical (unpaired) electrons. The van der Waals surface area contributed by atoms with Crippen molar-refractivity contribution in [2.24, 2.45) is 10.4 Å². The van der Waals surface area contributed by atoms with Crippen molar-refractivity contribution in [3.8, 4) is 0 Å². The molecule has 6 nitrogen and oxygen atoms in total. The minimum Gasteiger partial charge on any atom is -0.349 e. The van der Waals surface area contributed by atoms with Gasteiger partial charge < -0.3 is 10.2 Å². The molecule has 32 heavy (non-hydrogen) atoms. The first-order chi connectivity index (χ1) is 14.7. The Hall–Kier alpha value is -1.72. The SMILES string of the molecule is [CH2]CCCCC=NC1CC(C)(C)N(c2n[c]nc(NC(C)(C)CC(C)(C)C)n2)C(C)(C)C1. The predicted molar refractivity (Wildman–Crippen MR) is 136 cm³/mol. The maximum absolute atomic E-state index is 4.93. The molecular weight excluding hydrogens is 396 g/mol. The van der Waals surface area contributed by atoms with E-state index in [0.29, 0.717) is 17.9 Å². The van der Waals surface area contributed by atoms with Crippen LogP contribution in [0.4, 0.5) is 11.9 Å². The number of piperidine rings is 1. The summed E-state index contributed by atoms with van der Waals surface area (Å²) in [6.45, 7) is 24.1. The van der Waals surface area contributed by atoms with E-state index in [-0.39, 0.29) is 22.0 Å². The van der Waals surface area contributed by atoms with Crippen molar-refractivity contribution in [3.05, 3.63) is 13.3 Å². The molecule has 1 aromatic heterocycles. The van der Waals surface area contributed by atoms with Gasteiger partial charge in [-0.05, 0) is 85.3 Å². The van der Waals surface area contributed by atoms with Crippen molar-refractivity contribution in [3.63, 3.8) is 0 Å². The van der Waals surface area contributed by atoms with Gasteiger partial charge in [-0.25, -0.2) is 0 Å². The number of unbranched alkanes of at least 4 members (excludes halogenated alkanes) is 3. The molecule has 0 amide bonds. The van der Waals surface area contributed by atoms with Crippen molar-refractivity contribution in [1.82, 2.24) is 15.0 Å². The van der Waals surface area contributed by atoms with Gasteiger partial charge in [0.1, 0.15) is 0 Å².